The average Bonchev–Trinajstić information content (AvgIpc) is 3.54. The lowest BCUT2D eigenvalue weighted by molar-refractivity contribution is -0.131. The molecule has 0 bridgehead atoms. The molecule has 0 radical (unpaired) electrons. The summed E-state index contributed by atoms with van der Waals surface area (Å²) in [6.07, 6.45) is 3.04. The Labute approximate surface area is 247 Å². The number of nitrogens with zero attached hydrogens (tertiary/aromatic N) is 4. The largest absolute Gasteiger partial charge is 0.459 e. The minimum atomic E-state index is -1.09. The number of carbonyl (C=O) groups is 3. The van der Waals surface area contributed by atoms with Crippen LogP contribution >= 0.6 is 0 Å². The van der Waals surface area contributed by atoms with Crippen LogP contribution in [-0.4, -0.2) is 57.0 Å². The molecule has 43 heavy (non-hydrogen) atoms. The zero-order valence-electron chi connectivity index (χ0n) is 24.0. The second kappa shape index (κ2) is 10.5. The van der Waals surface area contributed by atoms with Gasteiger partial charge in [-0.25, -0.2) is 4.79 Å². The highest BCUT2D eigenvalue weighted by Crippen LogP contribution is 2.48. The lowest BCUT2D eigenvalue weighted by Crippen LogP contribution is -2.46. The molecule has 0 unspecified atom stereocenters. The number of primary amides is 2. The minimum Gasteiger partial charge on any atom is -0.366 e. The molecule has 6 rings (SSSR count). The molecule has 1 saturated heterocycles. The first-order valence-electron chi connectivity index (χ1n) is 14.4. The summed E-state index contributed by atoms with van der Waals surface area (Å²) in [5, 5.41) is 12.9. The Kier molecular flexibility index (Phi) is 6.93. The number of benzene rings is 2. The molecule has 3 aliphatic rings. The maximum Gasteiger partial charge on any atom is 0.459 e. The third-order valence-electron chi connectivity index (χ3n) is 9.21. The molecule has 3 amide bonds. The zero-order valence-corrected chi connectivity index (χ0v) is 24.0. The Morgan fingerprint density at radius 2 is 1.70 bits per heavy atom. The summed E-state index contributed by atoms with van der Waals surface area (Å²) in [6.45, 7) is 1.98. The van der Waals surface area contributed by atoms with E-state index >= 15 is 0 Å². The van der Waals surface area contributed by atoms with Gasteiger partial charge < -0.3 is 26.2 Å². The van der Waals surface area contributed by atoms with E-state index in [0.29, 0.717) is 42.1 Å². The van der Waals surface area contributed by atoms with E-state index in [9.17, 15) is 24.4 Å². The van der Waals surface area contributed by atoms with Gasteiger partial charge in [0.1, 0.15) is 6.04 Å². The molecule has 3 aromatic rings. The highest BCUT2D eigenvalue weighted by Gasteiger charge is 2.54. The van der Waals surface area contributed by atoms with Crippen molar-refractivity contribution in [3.63, 3.8) is 0 Å². The number of nitrogens with one attached hydrogen (secondary N) is 1. The van der Waals surface area contributed by atoms with E-state index in [-0.39, 0.29) is 24.5 Å². The summed E-state index contributed by atoms with van der Waals surface area (Å²) < 4.78 is 6.71. The molecule has 1 saturated carbocycles. The van der Waals surface area contributed by atoms with Gasteiger partial charge in [0.05, 0.1) is 18.0 Å². The molecule has 1 aliphatic heterocycles. The number of carbonyl (C=O) groups excluding carboxylic acids is 3. The number of rotatable bonds is 8. The van der Waals surface area contributed by atoms with Crippen LogP contribution < -0.4 is 22.5 Å². The molecule has 12 nitrogen and oxygen atoms in total. The number of hydrogen-bond donors (Lipinski definition) is 3. The van der Waals surface area contributed by atoms with Gasteiger partial charge in [-0.3, -0.25) is 14.4 Å². The number of hydrogen-bond acceptors (Lipinski definition) is 8. The number of piperidine rings is 1. The molecule has 2 aromatic carbocycles. The van der Waals surface area contributed by atoms with Crippen molar-refractivity contribution in [1.82, 2.24) is 19.9 Å². The Morgan fingerprint density at radius 1 is 1.09 bits per heavy atom. The van der Waals surface area contributed by atoms with Crippen LogP contribution in [-0.2, 0) is 30.1 Å². The van der Waals surface area contributed by atoms with Crippen LogP contribution in [0, 0.1) is 17.2 Å². The van der Waals surface area contributed by atoms with Crippen LogP contribution in [0.15, 0.2) is 45.7 Å². The van der Waals surface area contributed by atoms with Gasteiger partial charge in [0, 0.05) is 30.3 Å². The number of nitrogens with two attached hydrogens (primary N) is 2. The number of aromatic nitrogens is 2. The van der Waals surface area contributed by atoms with Gasteiger partial charge >= 0.3 is 5.76 Å². The van der Waals surface area contributed by atoms with Crippen molar-refractivity contribution in [3.05, 3.63) is 86.2 Å². The fraction of sp³-hybridized carbons (Fsp3) is 0.419. The number of nitriles is 1. The minimum absolute atomic E-state index is 0.0390. The van der Waals surface area contributed by atoms with E-state index in [1.807, 2.05) is 19.1 Å². The van der Waals surface area contributed by atoms with E-state index in [1.54, 1.807) is 36.2 Å². The quantitative estimate of drug-likeness (QED) is 0.348. The molecule has 1 aromatic heterocycles. The predicted octanol–water partition coefficient (Wildman–Crippen LogP) is 0.885. The highest BCUT2D eigenvalue weighted by molar-refractivity contribution is 5.94. The van der Waals surface area contributed by atoms with E-state index < -0.39 is 29.0 Å². The fourth-order valence-corrected chi connectivity index (χ4v) is 7.22. The van der Waals surface area contributed by atoms with Crippen LogP contribution in [0.25, 0.3) is 0 Å². The van der Waals surface area contributed by atoms with Crippen molar-refractivity contribution in [2.45, 2.75) is 62.6 Å². The molecular formula is C31H33N7O5. The maximum atomic E-state index is 13.3. The predicted molar refractivity (Wildman–Crippen MR) is 154 cm³/mol. The molecular weight excluding hydrogens is 550 g/mol. The van der Waals surface area contributed by atoms with Crippen molar-refractivity contribution in [3.8, 4) is 6.07 Å². The van der Waals surface area contributed by atoms with E-state index in [1.165, 1.54) is 4.74 Å². The summed E-state index contributed by atoms with van der Waals surface area (Å²) in [5.41, 5.74) is 14.1. The summed E-state index contributed by atoms with van der Waals surface area (Å²) in [5.74, 6) is -1.26. The van der Waals surface area contributed by atoms with Crippen molar-refractivity contribution in [2.75, 3.05) is 6.54 Å². The van der Waals surface area contributed by atoms with Crippen LogP contribution in [0.1, 0.15) is 75.0 Å². The van der Waals surface area contributed by atoms with Crippen molar-refractivity contribution in [2.24, 2.45) is 24.4 Å². The molecule has 2 aliphatic carbocycles. The van der Waals surface area contributed by atoms with Gasteiger partial charge in [-0.2, -0.15) is 15.0 Å². The third-order valence-corrected chi connectivity index (χ3v) is 9.21. The maximum absolute atomic E-state index is 13.3. The second-order valence-electron chi connectivity index (χ2n) is 11.9. The standard InChI is InChI=1S/C31H33N7O5/c1-16(35-15-26(39)38-22(14-32)11-21-12-25(21)38)13-31(29-36-30(42)43-37(29)2)23-7-5-19(27(33)40)9-17(23)3-4-18-10-20(28(34)41)6-8-24(18)31/h5-10,16,21-22,25,35H,3-4,11-13,15H2,1-2H3,(H2,33,40)(H2,34,41)/t16-,21-,22+,25+/m1/s1. The number of fused-ring (bicyclic) bond motifs is 3. The third kappa shape index (κ3) is 4.79. The normalized spacial score (nSPS) is 22.0. The Morgan fingerprint density at radius 3 is 2.21 bits per heavy atom. The van der Waals surface area contributed by atoms with Crippen LogP contribution in [0.5, 0.6) is 0 Å². The van der Waals surface area contributed by atoms with Crippen LogP contribution in [0.2, 0.25) is 0 Å². The van der Waals surface area contributed by atoms with Gasteiger partial charge in [-0.15, -0.1) is 0 Å². The summed E-state index contributed by atoms with van der Waals surface area (Å²) >= 11 is 0. The summed E-state index contributed by atoms with van der Waals surface area (Å²) in [4.78, 5) is 56.1. The first-order valence-corrected chi connectivity index (χ1v) is 14.4. The Bertz CT molecular complexity index is 1690. The fourth-order valence-electron chi connectivity index (χ4n) is 7.22. The SMILES string of the molecule is C[C@H](CC1(c2nc(=O)on2C)c2ccc(C(N)=O)cc2CCc2cc(C(N)=O)ccc21)NCC(=O)N1[C@H](C#N)C[C@@H]2C[C@@H]21. The van der Waals surface area contributed by atoms with E-state index in [0.717, 1.165) is 35.1 Å². The average molecular weight is 584 g/mol. The first kappa shape index (κ1) is 28.4. The topological polar surface area (TPSA) is 190 Å². The number of amides is 3. The van der Waals surface area contributed by atoms with Crippen molar-refractivity contribution < 1.29 is 18.9 Å². The lowest BCUT2D eigenvalue weighted by Gasteiger charge is -2.37. The molecule has 4 atom stereocenters. The molecule has 0 spiro atoms. The van der Waals surface area contributed by atoms with Crippen LogP contribution in [0.4, 0.5) is 0 Å². The van der Waals surface area contributed by atoms with Crippen molar-refractivity contribution in [1.29, 1.82) is 5.26 Å². The van der Waals surface area contributed by atoms with Gasteiger partial charge in [0.25, 0.3) is 0 Å². The summed E-state index contributed by atoms with van der Waals surface area (Å²) in [7, 11) is 1.61. The Balaban J connectivity index is 1.46. The molecule has 5 N–H and O–H groups in total. The van der Waals surface area contributed by atoms with Crippen LogP contribution in [0.3, 0.4) is 0 Å². The number of likely N-dealkylation sites (tertiary alicyclic amines) is 1. The second-order valence-corrected chi connectivity index (χ2v) is 11.9. The van der Waals surface area contributed by atoms with Crippen molar-refractivity contribution >= 4 is 17.7 Å². The zero-order chi connectivity index (χ0) is 30.6. The molecule has 2 heterocycles. The highest BCUT2D eigenvalue weighted by atomic mass is 16.5. The molecule has 222 valence electrons. The van der Waals surface area contributed by atoms with Gasteiger partial charge in [0.15, 0.2) is 5.82 Å². The van der Waals surface area contributed by atoms with E-state index in [2.05, 4.69) is 16.4 Å². The summed E-state index contributed by atoms with van der Waals surface area (Å²) in [6, 6.07) is 12.2. The molecule has 2 fully saturated rings. The van der Waals surface area contributed by atoms with E-state index in [4.69, 9.17) is 16.0 Å². The first-order chi connectivity index (χ1) is 20.5. The number of aryl methyl sites for hydroxylation is 3. The molecule has 12 heteroatoms. The van der Waals surface area contributed by atoms with Gasteiger partial charge in [0.2, 0.25) is 17.7 Å². The van der Waals surface area contributed by atoms with Gasteiger partial charge in [-0.05, 0) is 91.5 Å². The monoisotopic (exact) mass is 583 g/mol. The van der Waals surface area contributed by atoms with Gasteiger partial charge in [-0.1, -0.05) is 12.1 Å². The lowest BCUT2D eigenvalue weighted by atomic mass is 9.67. The smallest absolute Gasteiger partial charge is 0.366 e. The Hall–Kier alpha value is -4.76.